The molecule has 0 aromatic rings. The summed E-state index contributed by atoms with van der Waals surface area (Å²) in [5.41, 5.74) is 0. The Morgan fingerprint density at radius 3 is 0.774 bits per heavy atom. The summed E-state index contributed by atoms with van der Waals surface area (Å²) < 4.78 is 0. The first-order valence-corrected chi connectivity index (χ1v) is 7.66. The molecule has 0 radical (unpaired) electrons. The van der Waals surface area contributed by atoms with Gasteiger partial charge in [0.15, 0.2) is 0 Å². The summed E-state index contributed by atoms with van der Waals surface area (Å²) in [5.74, 6) is -7.67. The molecule has 13 nitrogen and oxygen atoms in total. The molecule has 0 aromatic carbocycles. The molecule has 0 unspecified atom stereocenters. The molecule has 0 aliphatic heterocycles. The summed E-state index contributed by atoms with van der Waals surface area (Å²) in [6, 6.07) is 0. The third kappa shape index (κ3) is 27.0. The Balaban J connectivity index is -0.000000563. The minimum Gasteiger partial charge on any atom is -0.549 e. The maximum absolute atomic E-state index is 10.8. The van der Waals surface area contributed by atoms with E-state index in [9.17, 15) is 49.5 Å². The van der Waals surface area contributed by atoms with Gasteiger partial charge in [0.25, 0.3) is 0 Å². The number of carbonyl (C=O) groups is 5. The van der Waals surface area contributed by atoms with Crippen LogP contribution in [0.25, 0.3) is 0 Å². The Morgan fingerprint density at radius 2 is 0.581 bits per heavy atom. The van der Waals surface area contributed by atoms with Gasteiger partial charge in [-0.25, -0.2) is 0 Å². The van der Waals surface area contributed by atoms with Gasteiger partial charge in [-0.1, -0.05) is 0 Å². The van der Waals surface area contributed by atoms with Crippen LogP contribution < -0.4 is 114 Å². The SMILES string of the molecule is O=C([O-])CN(CCN(CC(=O)[O-])CC(=O)[O-])CCN(CC(=O)[O-])CC(=O)[O-].[65Zn+2].[Na+].[Na+].[Na+]. The van der Waals surface area contributed by atoms with Crippen LogP contribution in [0.5, 0.6) is 0 Å². The van der Waals surface area contributed by atoms with Crippen molar-refractivity contribution in [3.05, 3.63) is 0 Å². The van der Waals surface area contributed by atoms with Crippen LogP contribution in [0.3, 0.4) is 0 Å². The van der Waals surface area contributed by atoms with Crippen molar-refractivity contribution in [2.45, 2.75) is 0 Å². The molecule has 0 rings (SSSR count). The minimum absolute atomic E-state index is 0. The van der Waals surface area contributed by atoms with E-state index in [1.807, 2.05) is 0 Å². The van der Waals surface area contributed by atoms with Crippen molar-refractivity contribution in [3.8, 4) is 0 Å². The Labute approximate surface area is 258 Å². The fourth-order valence-electron chi connectivity index (χ4n) is 2.18. The van der Waals surface area contributed by atoms with E-state index in [0.717, 1.165) is 9.80 Å². The van der Waals surface area contributed by atoms with E-state index in [1.165, 1.54) is 4.90 Å². The second kappa shape index (κ2) is 24.0. The third-order valence-corrected chi connectivity index (χ3v) is 3.23. The second-order valence-corrected chi connectivity index (χ2v) is 5.56. The predicted molar refractivity (Wildman–Crippen MR) is 74.4 cm³/mol. The van der Waals surface area contributed by atoms with E-state index >= 15 is 0 Å². The summed E-state index contributed by atoms with van der Waals surface area (Å²) in [6.07, 6.45) is 0. The molecule has 31 heavy (non-hydrogen) atoms. The Hall–Kier alpha value is 0.853. The van der Waals surface area contributed by atoms with Crippen molar-refractivity contribution in [3.63, 3.8) is 0 Å². The van der Waals surface area contributed by atoms with E-state index in [1.54, 1.807) is 0 Å². The third-order valence-electron chi connectivity index (χ3n) is 3.23. The number of nitrogens with zero attached hydrogens (tertiary/aromatic N) is 3. The first-order valence-electron chi connectivity index (χ1n) is 7.66. The van der Waals surface area contributed by atoms with Gasteiger partial charge in [-0.05, 0) is 0 Å². The van der Waals surface area contributed by atoms with E-state index in [0.29, 0.717) is 0 Å². The normalized spacial score (nSPS) is 9.65. The van der Waals surface area contributed by atoms with Crippen molar-refractivity contribution in [2.24, 2.45) is 0 Å². The van der Waals surface area contributed by atoms with Crippen molar-refractivity contribution >= 4 is 29.8 Å². The maximum atomic E-state index is 10.8. The van der Waals surface area contributed by atoms with Gasteiger partial charge in [0.2, 0.25) is 0 Å². The maximum Gasteiger partial charge on any atom is 2.00 e. The van der Waals surface area contributed by atoms with Crippen LogP contribution >= 0.6 is 0 Å². The zero-order valence-electron chi connectivity index (χ0n) is 18.0. The average Bonchev–Trinajstić information content (AvgIpc) is 2.46. The molecule has 0 atom stereocenters. The summed E-state index contributed by atoms with van der Waals surface area (Å²) in [5, 5.41) is 53.3. The number of hydrogen-bond acceptors (Lipinski definition) is 13. The smallest absolute Gasteiger partial charge is 0.549 e. The quantitative estimate of drug-likeness (QED) is 0.173. The van der Waals surface area contributed by atoms with Crippen LogP contribution in [0, 0.1) is 0 Å². The molecule has 0 aromatic heterocycles. The van der Waals surface area contributed by atoms with Gasteiger partial charge in [0, 0.05) is 58.9 Å². The number of carboxylic acids is 5. The van der Waals surface area contributed by atoms with Crippen molar-refractivity contribution in [1.29, 1.82) is 0 Å². The molecule has 0 bridgehead atoms. The van der Waals surface area contributed by atoms with Crippen LogP contribution in [0.2, 0.25) is 0 Å². The molecule has 0 fully saturated rings. The molecule has 0 heterocycles. The van der Waals surface area contributed by atoms with E-state index < -0.39 is 62.6 Å². The van der Waals surface area contributed by atoms with Crippen molar-refractivity contribution < 1.29 is 158 Å². The van der Waals surface area contributed by atoms with Gasteiger partial charge in [-0.3, -0.25) is 14.7 Å². The zero-order valence-corrected chi connectivity index (χ0v) is 27.0. The Bertz CT molecular complexity index is 502. The van der Waals surface area contributed by atoms with Crippen LogP contribution in [0.4, 0.5) is 0 Å². The number of rotatable bonds is 16. The zero-order chi connectivity index (χ0) is 21.0. The number of hydrogen-bond donors (Lipinski definition) is 0. The summed E-state index contributed by atoms with van der Waals surface area (Å²) >= 11 is 0. The Morgan fingerprint density at radius 1 is 0.419 bits per heavy atom. The van der Waals surface area contributed by atoms with Gasteiger partial charge in [0.05, 0.1) is 29.8 Å². The van der Waals surface area contributed by atoms with Crippen LogP contribution in [-0.4, -0.2) is 103 Å². The topological polar surface area (TPSA) is 210 Å². The fourth-order valence-corrected chi connectivity index (χ4v) is 2.18. The molecule has 0 amide bonds. The standard InChI is InChI=1S/C14H23N3O10.3Na.Zn/c18-10(19)5-15(1-3-16(6-11(20)21)7-12(22)23)2-4-17(8-13(24)25)9-14(26)27;;;;/h1-9H2,(H,18,19)(H,20,21)(H,22,23)(H,24,25)(H,26,27);;;;/q;3*+1;+2/p-5/i;;;;1+0. The number of carbonyl (C=O) groups excluding carboxylic acids is 5. The average molecular weight is 522 g/mol. The van der Waals surface area contributed by atoms with Crippen LogP contribution in [0.1, 0.15) is 0 Å². The Kier molecular flexibility index (Phi) is 32.5. The molecule has 0 saturated carbocycles. The molecule has 0 aliphatic rings. The first kappa shape index (κ1) is 42.0. The van der Waals surface area contributed by atoms with E-state index in [2.05, 4.69) is 0 Å². The van der Waals surface area contributed by atoms with Gasteiger partial charge in [-0.2, -0.15) is 0 Å². The van der Waals surface area contributed by atoms with E-state index in [-0.39, 0.29) is 134 Å². The molecule has 154 valence electrons. The summed E-state index contributed by atoms with van der Waals surface area (Å²) in [4.78, 5) is 56.4. The summed E-state index contributed by atoms with van der Waals surface area (Å²) in [7, 11) is 0. The largest absolute Gasteiger partial charge is 2.00 e. The van der Waals surface area contributed by atoms with Crippen LogP contribution in [0.15, 0.2) is 0 Å². The molecule has 0 aliphatic carbocycles. The number of carboxylic acid groups (broad SMARTS) is 5. The van der Waals surface area contributed by atoms with E-state index in [4.69, 9.17) is 0 Å². The summed E-state index contributed by atoms with van der Waals surface area (Å²) in [6.45, 7) is -4.16. The molecule has 0 spiro atoms. The van der Waals surface area contributed by atoms with Gasteiger partial charge >= 0.3 is 108 Å². The first-order chi connectivity index (χ1) is 12.5. The van der Waals surface area contributed by atoms with Crippen molar-refractivity contribution in [1.82, 2.24) is 14.7 Å². The fraction of sp³-hybridized carbons (Fsp3) is 0.643. The molecular weight excluding hydrogens is 504 g/mol. The molecule has 17 heteroatoms. The van der Waals surface area contributed by atoms with Gasteiger partial charge in [-0.15, -0.1) is 0 Å². The second-order valence-electron chi connectivity index (χ2n) is 5.56. The molecular formula is C14H18N3Na3O10Zn. The van der Waals surface area contributed by atoms with Gasteiger partial charge in [0.1, 0.15) is 0 Å². The monoisotopic (exact) mass is 522 g/mol. The molecule has 0 N–H and O–H groups in total. The predicted octanol–water partition coefficient (Wildman–Crippen LogP) is -18.3. The number of aliphatic carboxylic acids is 5. The van der Waals surface area contributed by atoms with Crippen LogP contribution in [-0.2, 0) is 43.5 Å². The minimum atomic E-state index is -1.54. The van der Waals surface area contributed by atoms with Gasteiger partial charge < -0.3 is 49.5 Å². The van der Waals surface area contributed by atoms with Crippen molar-refractivity contribution in [2.75, 3.05) is 58.9 Å². The molecule has 0 saturated heterocycles.